The maximum Gasteiger partial charge on any atom is 0.314 e. The van der Waals surface area contributed by atoms with Gasteiger partial charge in [0.25, 0.3) is 0 Å². The van der Waals surface area contributed by atoms with E-state index in [-0.39, 0.29) is 11.9 Å². The number of hydrogen-bond donors (Lipinski definition) is 0. The Labute approximate surface area is 182 Å². The third-order valence-corrected chi connectivity index (χ3v) is 6.66. The van der Waals surface area contributed by atoms with Gasteiger partial charge in [-0.15, -0.1) is 11.3 Å². The fourth-order valence-corrected chi connectivity index (χ4v) is 4.76. The Morgan fingerprint density at radius 1 is 1.30 bits per heavy atom. The third-order valence-electron chi connectivity index (χ3n) is 5.67. The fraction of sp³-hybridized carbons (Fsp3) is 0.458. The van der Waals surface area contributed by atoms with Gasteiger partial charge in [-0.2, -0.15) is 0 Å². The Balaban J connectivity index is 1.68. The molecule has 1 aliphatic rings. The van der Waals surface area contributed by atoms with E-state index in [4.69, 9.17) is 4.74 Å². The van der Waals surface area contributed by atoms with Gasteiger partial charge in [-0.05, 0) is 45.1 Å². The predicted molar refractivity (Wildman–Crippen MR) is 120 cm³/mol. The topological polar surface area (TPSA) is 59.5 Å². The summed E-state index contributed by atoms with van der Waals surface area (Å²) in [7, 11) is 0. The lowest BCUT2D eigenvalue weighted by Crippen LogP contribution is -2.50. The van der Waals surface area contributed by atoms with Crippen LogP contribution in [0.2, 0.25) is 0 Å². The lowest BCUT2D eigenvalue weighted by molar-refractivity contribution is -0.160. The van der Waals surface area contributed by atoms with Crippen LogP contribution in [0.1, 0.15) is 48.7 Å². The molecule has 1 aromatic carbocycles. The molecule has 5 nitrogen and oxygen atoms in total. The molecule has 0 radical (unpaired) electrons. The fourth-order valence-electron chi connectivity index (χ4n) is 3.97. The van der Waals surface area contributed by atoms with Gasteiger partial charge in [0, 0.05) is 24.4 Å². The van der Waals surface area contributed by atoms with Gasteiger partial charge in [-0.3, -0.25) is 9.59 Å². The van der Waals surface area contributed by atoms with E-state index in [0.717, 1.165) is 29.0 Å². The van der Waals surface area contributed by atoms with E-state index in [9.17, 15) is 9.59 Å². The van der Waals surface area contributed by atoms with Crippen molar-refractivity contribution >= 4 is 29.3 Å². The molecule has 160 valence electrons. The van der Waals surface area contributed by atoms with Crippen molar-refractivity contribution in [1.29, 1.82) is 0 Å². The Bertz CT molecular complexity index is 878. The Hall–Kier alpha value is -2.47. The minimum atomic E-state index is -0.671. The van der Waals surface area contributed by atoms with Gasteiger partial charge in [-0.1, -0.05) is 42.5 Å². The maximum atomic E-state index is 12.9. The maximum absolute atomic E-state index is 12.9. The molecule has 30 heavy (non-hydrogen) atoms. The molecule has 0 bridgehead atoms. The quantitative estimate of drug-likeness (QED) is 0.576. The third kappa shape index (κ3) is 5.57. The number of allylic oxidation sites excluding steroid dienone is 1. The molecule has 0 spiro atoms. The van der Waals surface area contributed by atoms with E-state index in [1.807, 2.05) is 66.7 Å². The number of carbonyl (C=O) groups is 2. The van der Waals surface area contributed by atoms with Crippen molar-refractivity contribution in [2.24, 2.45) is 5.41 Å². The molecule has 1 atom stereocenters. The second kappa shape index (κ2) is 10.5. The van der Waals surface area contributed by atoms with Crippen LogP contribution in [0.15, 0.2) is 41.9 Å². The first-order chi connectivity index (χ1) is 14.5. The number of amides is 1. The van der Waals surface area contributed by atoms with Gasteiger partial charge in [0.2, 0.25) is 5.91 Å². The first-order valence-electron chi connectivity index (χ1n) is 10.6. The number of hydrogen-bond acceptors (Lipinski definition) is 5. The summed E-state index contributed by atoms with van der Waals surface area (Å²) < 4.78 is 5.43. The van der Waals surface area contributed by atoms with Crippen LogP contribution in [0.4, 0.5) is 0 Å². The summed E-state index contributed by atoms with van der Waals surface area (Å²) in [5, 5.41) is 0. The zero-order valence-electron chi connectivity index (χ0n) is 17.8. The number of carbonyl (C=O) groups excluding carboxylic acids is 2. The van der Waals surface area contributed by atoms with E-state index < -0.39 is 5.41 Å². The van der Waals surface area contributed by atoms with E-state index in [1.54, 1.807) is 11.3 Å². The minimum Gasteiger partial charge on any atom is -0.466 e. The monoisotopic (exact) mass is 426 g/mol. The summed E-state index contributed by atoms with van der Waals surface area (Å²) >= 11 is 1.59. The second-order valence-corrected chi connectivity index (χ2v) is 8.74. The van der Waals surface area contributed by atoms with E-state index in [2.05, 4.69) is 4.98 Å². The van der Waals surface area contributed by atoms with Crippen molar-refractivity contribution < 1.29 is 14.3 Å². The Morgan fingerprint density at radius 3 is 2.80 bits per heavy atom. The molecule has 0 saturated carbocycles. The van der Waals surface area contributed by atoms with Gasteiger partial charge in [0.05, 0.1) is 23.2 Å². The Morgan fingerprint density at radius 2 is 2.10 bits per heavy atom. The minimum absolute atomic E-state index is 0.100. The highest BCUT2D eigenvalue weighted by Gasteiger charge is 2.43. The van der Waals surface area contributed by atoms with Crippen LogP contribution < -0.4 is 0 Å². The number of aromatic nitrogens is 1. The van der Waals surface area contributed by atoms with Gasteiger partial charge >= 0.3 is 5.97 Å². The van der Waals surface area contributed by atoms with Crippen LogP contribution in [-0.2, 0) is 20.7 Å². The highest BCUT2D eigenvalue weighted by atomic mass is 32.1. The molecule has 1 aromatic heterocycles. The van der Waals surface area contributed by atoms with Crippen LogP contribution in [0.25, 0.3) is 6.08 Å². The Kier molecular flexibility index (Phi) is 7.80. The number of ether oxygens (including phenoxy) is 1. The van der Waals surface area contributed by atoms with E-state index in [1.165, 1.54) is 0 Å². The highest BCUT2D eigenvalue weighted by molar-refractivity contribution is 7.09. The molecular formula is C24H30N2O3S. The normalized spacial score (nSPS) is 19.2. The first kappa shape index (κ1) is 22.2. The van der Waals surface area contributed by atoms with Crippen LogP contribution in [-0.4, -0.2) is 41.5 Å². The van der Waals surface area contributed by atoms with Crippen molar-refractivity contribution in [3.8, 4) is 0 Å². The first-order valence-corrected chi connectivity index (χ1v) is 11.5. The van der Waals surface area contributed by atoms with Gasteiger partial charge < -0.3 is 9.64 Å². The molecule has 1 aliphatic heterocycles. The SMILES string of the molecule is CCOC(=O)[C@@]1(C/C=C/c2ccccc2)CCCN(C(=O)CCc2scnc2C)C1. The average molecular weight is 427 g/mol. The zero-order chi connectivity index (χ0) is 21.4. The summed E-state index contributed by atoms with van der Waals surface area (Å²) in [6.45, 7) is 5.27. The van der Waals surface area contributed by atoms with Crippen LogP contribution in [0, 0.1) is 12.3 Å². The molecule has 0 aliphatic carbocycles. The van der Waals surface area contributed by atoms with Crippen molar-refractivity contribution in [2.45, 2.75) is 46.0 Å². The van der Waals surface area contributed by atoms with E-state index in [0.29, 0.717) is 39.0 Å². The van der Waals surface area contributed by atoms with Crippen LogP contribution in [0.5, 0.6) is 0 Å². The number of benzene rings is 1. The number of likely N-dealkylation sites (tertiary alicyclic amines) is 1. The van der Waals surface area contributed by atoms with Crippen molar-refractivity contribution in [3.63, 3.8) is 0 Å². The average Bonchev–Trinajstić information content (AvgIpc) is 3.18. The molecular weight excluding hydrogens is 396 g/mol. The van der Waals surface area contributed by atoms with Gasteiger partial charge in [0.1, 0.15) is 0 Å². The molecule has 2 aromatic rings. The molecule has 0 unspecified atom stereocenters. The smallest absolute Gasteiger partial charge is 0.314 e. The highest BCUT2D eigenvalue weighted by Crippen LogP contribution is 2.36. The number of esters is 1. The van der Waals surface area contributed by atoms with Gasteiger partial charge in [0.15, 0.2) is 0 Å². The predicted octanol–water partition coefficient (Wildman–Crippen LogP) is 4.66. The standard InChI is InChI=1S/C24H30N2O3S/c1-3-29-23(28)24(14-7-11-20-9-5-4-6-10-20)15-8-16-26(17-24)22(27)13-12-21-19(2)25-18-30-21/h4-7,9-11,18H,3,8,12-17H2,1-2H3/b11-7+/t24-/m0/s1. The molecule has 2 heterocycles. The number of rotatable bonds is 8. The summed E-state index contributed by atoms with van der Waals surface area (Å²) in [5.74, 6) is -0.0956. The molecule has 1 fully saturated rings. The van der Waals surface area contributed by atoms with E-state index >= 15 is 0 Å². The molecule has 0 N–H and O–H groups in total. The number of nitrogens with zero attached hydrogens (tertiary/aromatic N) is 2. The summed E-state index contributed by atoms with van der Waals surface area (Å²) in [4.78, 5) is 33.1. The van der Waals surface area contributed by atoms with Gasteiger partial charge in [-0.25, -0.2) is 4.98 Å². The number of piperidine rings is 1. The van der Waals surface area contributed by atoms with Crippen molar-refractivity contribution in [3.05, 3.63) is 58.1 Å². The van der Waals surface area contributed by atoms with Crippen LogP contribution in [0.3, 0.4) is 0 Å². The molecule has 6 heteroatoms. The van der Waals surface area contributed by atoms with Crippen molar-refractivity contribution in [1.82, 2.24) is 9.88 Å². The number of thiazole rings is 1. The largest absolute Gasteiger partial charge is 0.466 e. The zero-order valence-corrected chi connectivity index (χ0v) is 18.6. The van der Waals surface area contributed by atoms with Crippen molar-refractivity contribution in [2.75, 3.05) is 19.7 Å². The summed E-state index contributed by atoms with van der Waals surface area (Å²) in [6.07, 6.45) is 7.34. The second-order valence-electron chi connectivity index (χ2n) is 7.80. The molecule has 3 rings (SSSR count). The van der Waals surface area contributed by atoms with Crippen LogP contribution >= 0.6 is 11.3 Å². The number of aryl methyl sites for hydroxylation is 2. The molecule has 1 amide bonds. The summed E-state index contributed by atoms with van der Waals surface area (Å²) in [5.41, 5.74) is 3.25. The summed E-state index contributed by atoms with van der Waals surface area (Å²) in [6, 6.07) is 10.0. The lowest BCUT2D eigenvalue weighted by Gasteiger charge is -2.40. The molecule has 1 saturated heterocycles. The lowest BCUT2D eigenvalue weighted by atomic mass is 9.76.